The van der Waals surface area contributed by atoms with E-state index in [0.29, 0.717) is 24.2 Å². The number of aromatic nitrogens is 1. The number of nitrogens with one attached hydrogen (secondary N) is 2. The van der Waals surface area contributed by atoms with Crippen molar-refractivity contribution in [2.24, 2.45) is 0 Å². The summed E-state index contributed by atoms with van der Waals surface area (Å²) in [5.41, 5.74) is 4.55. The molecular formula is C20H20FN3OS. The molecule has 0 saturated heterocycles. The summed E-state index contributed by atoms with van der Waals surface area (Å²) in [5, 5.41) is 8.52. The molecular weight excluding hydrogens is 349 g/mol. The van der Waals surface area contributed by atoms with Crippen molar-refractivity contribution in [3.8, 4) is 10.6 Å². The van der Waals surface area contributed by atoms with Gasteiger partial charge in [-0.25, -0.2) is 14.2 Å². The molecule has 1 heterocycles. The molecule has 0 saturated carbocycles. The minimum absolute atomic E-state index is 0.311. The van der Waals surface area contributed by atoms with Crippen LogP contribution in [-0.4, -0.2) is 17.6 Å². The molecule has 4 nitrogen and oxygen atoms in total. The SMILES string of the molecule is Cc1ccc(-c2nc(CCNC(=O)Nc3ccc(F)cc3C)cs2)cc1. The van der Waals surface area contributed by atoms with E-state index in [1.54, 1.807) is 24.3 Å². The summed E-state index contributed by atoms with van der Waals surface area (Å²) in [6.07, 6.45) is 0.651. The van der Waals surface area contributed by atoms with Gasteiger partial charge in [0.05, 0.1) is 5.69 Å². The summed E-state index contributed by atoms with van der Waals surface area (Å²) in [4.78, 5) is 16.6. The molecule has 0 bridgehead atoms. The zero-order valence-electron chi connectivity index (χ0n) is 14.7. The second-order valence-corrected chi connectivity index (χ2v) is 6.96. The molecule has 0 fully saturated rings. The highest BCUT2D eigenvalue weighted by Gasteiger charge is 2.07. The van der Waals surface area contributed by atoms with Gasteiger partial charge < -0.3 is 10.6 Å². The third-order valence-electron chi connectivity index (χ3n) is 3.95. The number of carbonyl (C=O) groups excluding carboxylic acids is 1. The average Bonchev–Trinajstić information content (AvgIpc) is 3.07. The smallest absolute Gasteiger partial charge is 0.319 e. The summed E-state index contributed by atoms with van der Waals surface area (Å²) in [7, 11) is 0. The highest BCUT2D eigenvalue weighted by atomic mass is 32.1. The fourth-order valence-electron chi connectivity index (χ4n) is 2.49. The van der Waals surface area contributed by atoms with Crippen molar-refractivity contribution in [1.82, 2.24) is 10.3 Å². The molecule has 2 aromatic carbocycles. The zero-order chi connectivity index (χ0) is 18.5. The maximum atomic E-state index is 13.1. The first-order chi connectivity index (χ1) is 12.5. The van der Waals surface area contributed by atoms with Gasteiger partial charge in [0.25, 0.3) is 0 Å². The van der Waals surface area contributed by atoms with E-state index >= 15 is 0 Å². The lowest BCUT2D eigenvalue weighted by molar-refractivity contribution is 0.252. The Kier molecular flexibility index (Phi) is 5.63. The van der Waals surface area contributed by atoms with Gasteiger partial charge in [-0.2, -0.15) is 0 Å². The number of aryl methyl sites for hydroxylation is 2. The van der Waals surface area contributed by atoms with Gasteiger partial charge in [0.1, 0.15) is 10.8 Å². The van der Waals surface area contributed by atoms with Crippen LogP contribution in [0.4, 0.5) is 14.9 Å². The van der Waals surface area contributed by atoms with E-state index in [0.717, 1.165) is 16.3 Å². The monoisotopic (exact) mass is 369 g/mol. The van der Waals surface area contributed by atoms with Crippen LogP contribution in [0.25, 0.3) is 10.6 Å². The van der Waals surface area contributed by atoms with Crippen LogP contribution in [0.1, 0.15) is 16.8 Å². The maximum Gasteiger partial charge on any atom is 0.319 e. The minimum atomic E-state index is -0.318. The molecule has 0 radical (unpaired) electrons. The second kappa shape index (κ2) is 8.10. The quantitative estimate of drug-likeness (QED) is 0.670. The van der Waals surface area contributed by atoms with Gasteiger partial charge in [-0.15, -0.1) is 11.3 Å². The number of anilines is 1. The van der Waals surface area contributed by atoms with E-state index in [1.807, 2.05) is 5.38 Å². The molecule has 2 amide bonds. The third kappa shape index (κ3) is 4.67. The van der Waals surface area contributed by atoms with Crippen LogP contribution in [0.5, 0.6) is 0 Å². The number of thiazole rings is 1. The Hall–Kier alpha value is -2.73. The molecule has 3 rings (SSSR count). The average molecular weight is 369 g/mol. The Morgan fingerprint density at radius 1 is 1.15 bits per heavy atom. The largest absolute Gasteiger partial charge is 0.337 e. The number of hydrogen-bond donors (Lipinski definition) is 2. The lowest BCUT2D eigenvalue weighted by Crippen LogP contribution is -2.30. The fourth-order valence-corrected chi connectivity index (χ4v) is 3.35. The maximum absolute atomic E-state index is 13.1. The fraction of sp³-hybridized carbons (Fsp3) is 0.200. The second-order valence-electron chi connectivity index (χ2n) is 6.10. The molecule has 6 heteroatoms. The van der Waals surface area contributed by atoms with Crippen molar-refractivity contribution in [1.29, 1.82) is 0 Å². The number of nitrogens with zero attached hydrogens (tertiary/aromatic N) is 1. The van der Waals surface area contributed by atoms with E-state index in [2.05, 4.69) is 46.8 Å². The predicted molar refractivity (Wildman–Crippen MR) is 104 cm³/mol. The minimum Gasteiger partial charge on any atom is -0.337 e. The van der Waals surface area contributed by atoms with Crippen LogP contribution in [0.2, 0.25) is 0 Å². The molecule has 26 heavy (non-hydrogen) atoms. The van der Waals surface area contributed by atoms with Crippen LogP contribution in [0.3, 0.4) is 0 Å². The zero-order valence-corrected chi connectivity index (χ0v) is 15.5. The molecule has 0 spiro atoms. The van der Waals surface area contributed by atoms with Crippen molar-refractivity contribution < 1.29 is 9.18 Å². The van der Waals surface area contributed by atoms with Crippen LogP contribution in [-0.2, 0) is 6.42 Å². The first-order valence-corrected chi connectivity index (χ1v) is 9.21. The van der Waals surface area contributed by atoms with Crippen molar-refractivity contribution in [3.05, 3.63) is 70.5 Å². The van der Waals surface area contributed by atoms with Gasteiger partial charge >= 0.3 is 6.03 Å². The Labute approximate surface area is 156 Å². The van der Waals surface area contributed by atoms with Crippen molar-refractivity contribution >= 4 is 23.1 Å². The third-order valence-corrected chi connectivity index (χ3v) is 4.89. The van der Waals surface area contributed by atoms with E-state index in [4.69, 9.17) is 0 Å². The van der Waals surface area contributed by atoms with Crippen LogP contribution in [0.15, 0.2) is 47.8 Å². The van der Waals surface area contributed by atoms with Crippen molar-refractivity contribution in [2.45, 2.75) is 20.3 Å². The highest BCUT2D eigenvalue weighted by molar-refractivity contribution is 7.13. The molecule has 0 aliphatic rings. The van der Waals surface area contributed by atoms with Crippen molar-refractivity contribution in [3.63, 3.8) is 0 Å². The Morgan fingerprint density at radius 3 is 2.65 bits per heavy atom. The molecule has 134 valence electrons. The Balaban J connectivity index is 1.50. The van der Waals surface area contributed by atoms with E-state index in [9.17, 15) is 9.18 Å². The normalized spacial score (nSPS) is 10.6. The Morgan fingerprint density at radius 2 is 1.92 bits per heavy atom. The molecule has 3 aromatic rings. The lowest BCUT2D eigenvalue weighted by atomic mass is 10.2. The predicted octanol–water partition coefficient (Wildman–Crippen LogP) is 4.93. The van der Waals surface area contributed by atoms with E-state index < -0.39 is 0 Å². The summed E-state index contributed by atoms with van der Waals surface area (Å²) >= 11 is 1.60. The van der Waals surface area contributed by atoms with Gasteiger partial charge in [-0.1, -0.05) is 29.8 Å². The molecule has 0 aliphatic carbocycles. The number of urea groups is 1. The molecule has 1 aromatic heterocycles. The summed E-state index contributed by atoms with van der Waals surface area (Å²) in [6, 6.07) is 12.2. The first kappa shape index (κ1) is 18.1. The van der Waals surface area contributed by atoms with Gasteiger partial charge in [0.15, 0.2) is 0 Å². The van der Waals surface area contributed by atoms with Crippen LogP contribution < -0.4 is 10.6 Å². The van der Waals surface area contributed by atoms with Gasteiger partial charge in [-0.3, -0.25) is 0 Å². The van der Waals surface area contributed by atoms with Crippen molar-refractivity contribution in [2.75, 3.05) is 11.9 Å². The number of hydrogen-bond acceptors (Lipinski definition) is 3. The van der Waals surface area contributed by atoms with Gasteiger partial charge in [0, 0.05) is 29.6 Å². The Bertz CT molecular complexity index is 906. The lowest BCUT2D eigenvalue weighted by Gasteiger charge is -2.09. The van der Waals surface area contributed by atoms with Gasteiger partial charge in [-0.05, 0) is 37.6 Å². The topological polar surface area (TPSA) is 54.0 Å². The van der Waals surface area contributed by atoms with Crippen LogP contribution in [0, 0.1) is 19.7 Å². The summed E-state index contributed by atoms with van der Waals surface area (Å²) < 4.78 is 13.1. The highest BCUT2D eigenvalue weighted by Crippen LogP contribution is 2.24. The van der Waals surface area contributed by atoms with Gasteiger partial charge in [0.2, 0.25) is 0 Å². The molecule has 0 atom stereocenters. The van der Waals surface area contributed by atoms with Crippen LogP contribution >= 0.6 is 11.3 Å². The molecule has 0 unspecified atom stereocenters. The number of benzene rings is 2. The molecule has 0 aliphatic heterocycles. The van der Waals surface area contributed by atoms with E-state index in [-0.39, 0.29) is 11.8 Å². The number of carbonyl (C=O) groups is 1. The number of amides is 2. The summed E-state index contributed by atoms with van der Waals surface area (Å²) in [5.74, 6) is -0.318. The summed E-state index contributed by atoms with van der Waals surface area (Å²) in [6.45, 7) is 4.28. The van der Waals surface area contributed by atoms with E-state index in [1.165, 1.54) is 17.7 Å². The standard InChI is InChI=1S/C20H20FN3OS/c1-13-3-5-15(6-4-13)19-23-17(12-26-19)9-10-22-20(25)24-18-8-7-16(21)11-14(18)2/h3-8,11-12H,9-10H2,1-2H3,(H2,22,24,25). The first-order valence-electron chi connectivity index (χ1n) is 8.34. The number of rotatable bonds is 5. The molecule has 2 N–H and O–H groups in total. The number of halogens is 1.